The lowest BCUT2D eigenvalue weighted by molar-refractivity contribution is -0.127. The molecule has 1 radical (unpaired) electrons. The van der Waals surface area contributed by atoms with Gasteiger partial charge in [-0.1, -0.05) is 43.7 Å². The second-order valence-corrected chi connectivity index (χ2v) is 10.6. The van der Waals surface area contributed by atoms with E-state index in [0.29, 0.717) is 12.4 Å². The number of fused-ring (bicyclic) bond motifs is 1. The number of carbonyl (C=O) groups excluding carboxylic acids is 2. The predicted octanol–water partition coefficient (Wildman–Crippen LogP) is 4.29. The number of likely N-dealkylation sites (tertiary alicyclic amines) is 1. The Morgan fingerprint density at radius 2 is 1.80 bits per heavy atom. The van der Waals surface area contributed by atoms with Crippen LogP contribution >= 0.6 is 0 Å². The Kier molecular flexibility index (Phi) is 7.22. The average Bonchev–Trinajstić information content (AvgIpc) is 2.82. The molecule has 2 N–H and O–H groups in total. The molecule has 187 valence electrons. The topological polar surface area (TPSA) is 75.9 Å². The van der Waals surface area contributed by atoms with Crippen molar-refractivity contribution in [1.29, 1.82) is 0 Å². The lowest BCUT2D eigenvalue weighted by Crippen LogP contribution is -2.65. The number of rotatable bonds is 7. The van der Waals surface area contributed by atoms with Gasteiger partial charge in [-0.25, -0.2) is 0 Å². The van der Waals surface area contributed by atoms with Crippen LogP contribution in [-0.2, 0) is 15.0 Å². The number of nitrogens with zero attached hydrogens (tertiary/aromatic N) is 2. The van der Waals surface area contributed by atoms with Crippen LogP contribution in [0.15, 0.2) is 42.5 Å². The van der Waals surface area contributed by atoms with Crippen LogP contribution in [0.2, 0.25) is 0 Å². The summed E-state index contributed by atoms with van der Waals surface area (Å²) in [5.41, 5.74) is 7.02. The highest BCUT2D eigenvalue weighted by atomic mass is 16.5. The minimum Gasteiger partial charge on any atom is -0.493 e. The molecular weight excluding hydrogens is 438 g/mol. The van der Waals surface area contributed by atoms with Gasteiger partial charge >= 0.3 is 0 Å². The van der Waals surface area contributed by atoms with Gasteiger partial charge in [0.25, 0.3) is 0 Å². The molecule has 4 rings (SSSR count). The first kappa shape index (κ1) is 25.2. The molecule has 2 heterocycles. The number of piperidine rings is 1. The maximum absolute atomic E-state index is 13.0. The summed E-state index contributed by atoms with van der Waals surface area (Å²) in [6, 6.07) is 17.0. The Bertz CT molecular complexity index is 1060. The van der Waals surface area contributed by atoms with Crippen LogP contribution in [-0.4, -0.2) is 48.5 Å². The van der Waals surface area contributed by atoms with E-state index in [1.54, 1.807) is 4.90 Å². The largest absolute Gasteiger partial charge is 0.493 e. The van der Waals surface area contributed by atoms with E-state index < -0.39 is 22.8 Å². The van der Waals surface area contributed by atoms with Crippen molar-refractivity contribution in [1.82, 2.24) is 4.90 Å². The van der Waals surface area contributed by atoms with Crippen LogP contribution in [0.1, 0.15) is 64.5 Å². The molecule has 2 aliphatic rings. The van der Waals surface area contributed by atoms with Crippen molar-refractivity contribution >= 4 is 17.5 Å². The van der Waals surface area contributed by atoms with Crippen molar-refractivity contribution in [3.8, 4) is 5.75 Å². The highest BCUT2D eigenvalue weighted by molar-refractivity contribution is 5.98. The molecule has 2 aliphatic heterocycles. The zero-order valence-electron chi connectivity index (χ0n) is 21.5. The number of nitrogens with two attached hydrogens (primary N) is 1. The summed E-state index contributed by atoms with van der Waals surface area (Å²) in [5, 5.41) is 0. The maximum Gasteiger partial charge on any atom is 0.224 e. The third-order valence-corrected chi connectivity index (χ3v) is 7.86. The number of primary amides is 1. The zero-order valence-corrected chi connectivity index (χ0v) is 21.5. The Labute approximate surface area is 209 Å². The Balaban J connectivity index is 1.69. The van der Waals surface area contributed by atoms with Gasteiger partial charge in [0.1, 0.15) is 5.75 Å². The van der Waals surface area contributed by atoms with Crippen molar-refractivity contribution < 1.29 is 14.3 Å². The van der Waals surface area contributed by atoms with Gasteiger partial charge in [0, 0.05) is 31.0 Å². The van der Waals surface area contributed by atoms with Crippen LogP contribution in [0.25, 0.3) is 0 Å². The summed E-state index contributed by atoms with van der Waals surface area (Å²) in [6.07, 6.45) is 4.84. The Morgan fingerprint density at radius 1 is 1.11 bits per heavy atom. The Hall–Kier alpha value is -2.86. The van der Waals surface area contributed by atoms with E-state index in [1.807, 2.05) is 63.2 Å². The molecule has 0 aliphatic carbocycles. The van der Waals surface area contributed by atoms with Gasteiger partial charge in [0.2, 0.25) is 11.8 Å². The van der Waals surface area contributed by atoms with Gasteiger partial charge in [-0.3, -0.25) is 9.59 Å². The van der Waals surface area contributed by atoms with Crippen molar-refractivity contribution in [2.45, 2.75) is 64.3 Å². The molecule has 2 aromatic carbocycles. The van der Waals surface area contributed by atoms with Crippen molar-refractivity contribution in [3.63, 3.8) is 0 Å². The van der Waals surface area contributed by atoms with E-state index in [9.17, 15) is 9.59 Å². The molecule has 1 fully saturated rings. The molecule has 1 saturated heterocycles. The van der Waals surface area contributed by atoms with E-state index >= 15 is 0 Å². The van der Waals surface area contributed by atoms with Gasteiger partial charge in [-0.15, -0.1) is 0 Å². The fraction of sp³-hybridized carbons (Fsp3) is 0.517. The molecule has 2 atom stereocenters. The van der Waals surface area contributed by atoms with E-state index in [-0.39, 0.29) is 5.91 Å². The maximum atomic E-state index is 13.0. The standard InChI is InChI=1S/C29H38N3O3/c1-21(33)32-25-20-23(35-19-11-18-31-16-9-6-10-17-31)14-15-24(25)29(4,22-12-7-5-8-13-22)26(27(30)34)28(32,2)3/h5,7-8,12-13,15,20,26H,6,9-11,16-19H2,1-4H3,(H2,30,34). The van der Waals surface area contributed by atoms with Gasteiger partial charge in [-0.05, 0) is 63.4 Å². The molecule has 35 heavy (non-hydrogen) atoms. The minimum atomic E-state index is -0.845. The number of benzene rings is 2. The minimum absolute atomic E-state index is 0.139. The van der Waals surface area contributed by atoms with Crippen LogP contribution in [0.4, 0.5) is 5.69 Å². The summed E-state index contributed by atoms with van der Waals surface area (Å²) in [7, 11) is 0. The number of amides is 2. The van der Waals surface area contributed by atoms with Crippen molar-refractivity contribution in [3.05, 3.63) is 59.7 Å². The molecule has 6 nitrogen and oxygen atoms in total. The first-order chi connectivity index (χ1) is 16.7. The average molecular weight is 477 g/mol. The van der Waals surface area contributed by atoms with E-state index in [1.165, 1.54) is 39.3 Å². The summed E-state index contributed by atoms with van der Waals surface area (Å²) >= 11 is 0. The molecule has 0 bridgehead atoms. The number of ether oxygens (including phenoxy) is 1. The molecular formula is C29H38N3O3. The number of carbonyl (C=O) groups is 2. The monoisotopic (exact) mass is 476 g/mol. The summed E-state index contributed by atoms with van der Waals surface area (Å²) in [4.78, 5) is 30.1. The van der Waals surface area contributed by atoms with Gasteiger partial charge in [0.15, 0.2) is 0 Å². The number of hydrogen-bond donors (Lipinski definition) is 1. The van der Waals surface area contributed by atoms with Gasteiger partial charge in [0.05, 0.1) is 23.8 Å². The number of hydrogen-bond acceptors (Lipinski definition) is 4. The highest BCUT2D eigenvalue weighted by Gasteiger charge is 2.57. The quantitative estimate of drug-likeness (QED) is 0.605. The lowest BCUT2D eigenvalue weighted by Gasteiger charge is -2.55. The fourth-order valence-electron chi connectivity index (χ4n) is 6.41. The normalized spacial score (nSPS) is 24.0. The van der Waals surface area contributed by atoms with Crippen LogP contribution in [0, 0.1) is 12.0 Å². The van der Waals surface area contributed by atoms with E-state index in [2.05, 4.69) is 11.0 Å². The third-order valence-electron chi connectivity index (χ3n) is 7.86. The molecule has 0 spiro atoms. The molecule has 2 aromatic rings. The SMILES string of the molecule is CC(=O)N1c2cc(OCCCN3CCCCC3)[c]cc2C(C)(c2ccccc2)C(C(N)=O)C1(C)C. The summed E-state index contributed by atoms with van der Waals surface area (Å²) < 4.78 is 6.10. The van der Waals surface area contributed by atoms with Crippen LogP contribution in [0.3, 0.4) is 0 Å². The Morgan fingerprint density at radius 3 is 2.43 bits per heavy atom. The molecule has 2 amide bonds. The lowest BCUT2D eigenvalue weighted by atomic mass is 9.57. The van der Waals surface area contributed by atoms with Gasteiger partial charge < -0.3 is 20.3 Å². The van der Waals surface area contributed by atoms with Crippen LogP contribution in [0.5, 0.6) is 5.75 Å². The first-order valence-electron chi connectivity index (χ1n) is 12.7. The molecule has 0 aromatic heterocycles. The molecule has 2 unspecified atom stereocenters. The van der Waals surface area contributed by atoms with E-state index in [0.717, 1.165) is 29.8 Å². The van der Waals surface area contributed by atoms with Crippen LogP contribution < -0.4 is 15.4 Å². The first-order valence-corrected chi connectivity index (χ1v) is 12.7. The van der Waals surface area contributed by atoms with Gasteiger partial charge in [-0.2, -0.15) is 0 Å². The van der Waals surface area contributed by atoms with E-state index in [4.69, 9.17) is 10.5 Å². The fourth-order valence-corrected chi connectivity index (χ4v) is 6.41. The molecule has 6 heteroatoms. The second kappa shape index (κ2) is 10.0. The van der Waals surface area contributed by atoms with Crippen molar-refractivity contribution in [2.75, 3.05) is 31.1 Å². The zero-order chi connectivity index (χ0) is 25.2. The third kappa shape index (κ3) is 4.68. The summed E-state index contributed by atoms with van der Waals surface area (Å²) in [6.45, 7) is 11.4. The smallest absolute Gasteiger partial charge is 0.224 e. The molecule has 0 saturated carbocycles. The van der Waals surface area contributed by atoms with Crippen molar-refractivity contribution in [2.24, 2.45) is 11.7 Å². The highest BCUT2D eigenvalue weighted by Crippen LogP contribution is 2.54. The number of anilines is 1. The predicted molar refractivity (Wildman–Crippen MR) is 139 cm³/mol. The summed E-state index contributed by atoms with van der Waals surface area (Å²) in [5.74, 6) is -0.605. The second-order valence-electron chi connectivity index (χ2n) is 10.6.